The first-order chi connectivity index (χ1) is 9.83. The van der Waals surface area contributed by atoms with Crippen LogP contribution in [-0.4, -0.2) is 11.5 Å². The van der Waals surface area contributed by atoms with E-state index in [-0.39, 0.29) is 0 Å². The van der Waals surface area contributed by atoms with Gasteiger partial charge >= 0.3 is 0 Å². The average molecular weight is 262 g/mol. The van der Waals surface area contributed by atoms with E-state index in [9.17, 15) is 0 Å². The van der Waals surface area contributed by atoms with Crippen molar-refractivity contribution in [3.8, 4) is 0 Å². The van der Waals surface area contributed by atoms with Gasteiger partial charge in [-0.3, -0.25) is 0 Å². The minimum Gasteiger partial charge on any atom is -0.370 e. The molecule has 1 aromatic heterocycles. The molecule has 0 saturated heterocycles. The highest BCUT2D eigenvalue weighted by Crippen LogP contribution is 2.15. The zero-order chi connectivity index (χ0) is 13.8. The predicted octanol–water partition coefficient (Wildman–Crippen LogP) is 4.20. The van der Waals surface area contributed by atoms with Gasteiger partial charge in [-0.05, 0) is 42.7 Å². The molecule has 1 N–H and O–H groups in total. The van der Waals surface area contributed by atoms with Crippen molar-refractivity contribution in [3.63, 3.8) is 0 Å². The van der Waals surface area contributed by atoms with E-state index in [1.807, 2.05) is 24.3 Å². The Labute approximate surface area is 119 Å². The second-order valence-electron chi connectivity index (χ2n) is 4.99. The summed E-state index contributed by atoms with van der Waals surface area (Å²) in [6.45, 7) is 3.06. The van der Waals surface area contributed by atoms with Gasteiger partial charge in [0.15, 0.2) is 0 Å². The third kappa shape index (κ3) is 2.80. The molecule has 2 nitrogen and oxygen atoms in total. The van der Waals surface area contributed by atoms with Crippen LogP contribution in [0.25, 0.3) is 10.9 Å². The third-order valence-corrected chi connectivity index (χ3v) is 3.56. The Morgan fingerprint density at radius 2 is 1.70 bits per heavy atom. The van der Waals surface area contributed by atoms with Gasteiger partial charge in [0.2, 0.25) is 0 Å². The predicted molar refractivity (Wildman–Crippen MR) is 85.1 cm³/mol. The Bertz CT molecular complexity index is 719. The van der Waals surface area contributed by atoms with Crippen molar-refractivity contribution in [2.24, 2.45) is 0 Å². The zero-order valence-electron chi connectivity index (χ0n) is 11.6. The summed E-state index contributed by atoms with van der Waals surface area (Å²) in [5.41, 5.74) is 3.77. The van der Waals surface area contributed by atoms with Crippen LogP contribution in [-0.2, 0) is 6.42 Å². The number of aryl methyl sites for hydroxylation is 1. The first-order valence-corrected chi connectivity index (χ1v) is 6.97. The molecule has 0 radical (unpaired) electrons. The molecule has 0 saturated carbocycles. The monoisotopic (exact) mass is 262 g/mol. The van der Waals surface area contributed by atoms with Gasteiger partial charge in [0, 0.05) is 11.9 Å². The van der Waals surface area contributed by atoms with E-state index in [4.69, 9.17) is 0 Å². The summed E-state index contributed by atoms with van der Waals surface area (Å²) in [4.78, 5) is 4.62. The van der Waals surface area contributed by atoms with Crippen molar-refractivity contribution in [2.75, 3.05) is 11.9 Å². The molecule has 100 valence electrons. The highest BCUT2D eigenvalue weighted by Gasteiger charge is 1.99. The first-order valence-electron chi connectivity index (χ1n) is 6.97. The number of hydrogen-bond acceptors (Lipinski definition) is 2. The van der Waals surface area contributed by atoms with Crippen LogP contribution in [0.3, 0.4) is 0 Å². The number of para-hydroxylation sites is 1. The summed E-state index contributed by atoms with van der Waals surface area (Å²) in [5, 5.41) is 4.58. The molecule has 1 heterocycles. The molecule has 3 rings (SSSR count). The van der Waals surface area contributed by atoms with Crippen molar-refractivity contribution in [3.05, 3.63) is 71.8 Å². The summed E-state index contributed by atoms with van der Waals surface area (Å²) in [7, 11) is 0. The lowest BCUT2D eigenvalue weighted by atomic mass is 10.1. The van der Waals surface area contributed by atoms with Gasteiger partial charge in [0.1, 0.15) is 5.82 Å². The SMILES string of the molecule is Cc1ccccc1CCNc1ccc2ccccc2n1. The molecular weight excluding hydrogens is 244 g/mol. The Morgan fingerprint density at radius 3 is 2.60 bits per heavy atom. The molecule has 0 unspecified atom stereocenters. The van der Waals surface area contributed by atoms with Crippen LogP contribution in [0.2, 0.25) is 0 Å². The summed E-state index contributed by atoms with van der Waals surface area (Å²) in [5.74, 6) is 0.942. The van der Waals surface area contributed by atoms with Gasteiger partial charge in [-0.2, -0.15) is 0 Å². The standard InChI is InChI=1S/C18H18N2/c1-14-6-2-3-7-15(14)12-13-19-18-11-10-16-8-4-5-9-17(16)20-18/h2-11H,12-13H2,1H3,(H,19,20). The minimum atomic E-state index is 0.899. The van der Waals surface area contributed by atoms with Crippen LogP contribution in [0.5, 0.6) is 0 Å². The van der Waals surface area contributed by atoms with E-state index in [1.165, 1.54) is 16.5 Å². The molecule has 0 aliphatic rings. The van der Waals surface area contributed by atoms with Crippen molar-refractivity contribution < 1.29 is 0 Å². The smallest absolute Gasteiger partial charge is 0.126 e. The Kier molecular flexibility index (Phi) is 3.64. The molecular formula is C18H18N2. The van der Waals surface area contributed by atoms with Crippen molar-refractivity contribution in [2.45, 2.75) is 13.3 Å². The van der Waals surface area contributed by atoms with Gasteiger partial charge in [-0.1, -0.05) is 42.5 Å². The van der Waals surface area contributed by atoms with Crippen LogP contribution < -0.4 is 5.32 Å². The highest BCUT2D eigenvalue weighted by atomic mass is 15.0. The van der Waals surface area contributed by atoms with E-state index in [1.54, 1.807) is 0 Å². The van der Waals surface area contributed by atoms with Crippen LogP contribution in [0, 0.1) is 6.92 Å². The summed E-state index contributed by atoms with van der Waals surface area (Å²) in [6.07, 6.45) is 1.02. The van der Waals surface area contributed by atoms with E-state index < -0.39 is 0 Å². The quantitative estimate of drug-likeness (QED) is 0.762. The molecule has 0 spiro atoms. The van der Waals surface area contributed by atoms with Crippen LogP contribution >= 0.6 is 0 Å². The largest absolute Gasteiger partial charge is 0.370 e. The van der Waals surface area contributed by atoms with Crippen molar-refractivity contribution >= 4 is 16.7 Å². The molecule has 2 aromatic carbocycles. The number of aromatic nitrogens is 1. The van der Waals surface area contributed by atoms with E-state index in [0.29, 0.717) is 0 Å². The van der Waals surface area contributed by atoms with Gasteiger partial charge in [-0.15, -0.1) is 0 Å². The lowest BCUT2D eigenvalue weighted by Crippen LogP contribution is -2.07. The van der Waals surface area contributed by atoms with Crippen molar-refractivity contribution in [1.29, 1.82) is 0 Å². The fraction of sp³-hybridized carbons (Fsp3) is 0.167. The highest BCUT2D eigenvalue weighted by molar-refractivity contribution is 5.80. The third-order valence-electron chi connectivity index (χ3n) is 3.56. The van der Waals surface area contributed by atoms with Crippen LogP contribution in [0.4, 0.5) is 5.82 Å². The Balaban J connectivity index is 1.67. The molecule has 0 bridgehead atoms. The second kappa shape index (κ2) is 5.74. The van der Waals surface area contributed by atoms with Crippen LogP contribution in [0.15, 0.2) is 60.7 Å². The average Bonchev–Trinajstić information content (AvgIpc) is 2.49. The Hall–Kier alpha value is -2.35. The second-order valence-corrected chi connectivity index (χ2v) is 4.99. The van der Waals surface area contributed by atoms with Gasteiger partial charge in [0.05, 0.1) is 5.52 Å². The number of nitrogens with zero attached hydrogens (tertiary/aromatic N) is 1. The van der Waals surface area contributed by atoms with E-state index in [0.717, 1.165) is 24.3 Å². The van der Waals surface area contributed by atoms with E-state index in [2.05, 4.69) is 53.6 Å². The summed E-state index contributed by atoms with van der Waals surface area (Å²) >= 11 is 0. The van der Waals surface area contributed by atoms with Gasteiger partial charge < -0.3 is 5.32 Å². The number of nitrogens with one attached hydrogen (secondary N) is 1. The van der Waals surface area contributed by atoms with Crippen molar-refractivity contribution in [1.82, 2.24) is 4.98 Å². The molecule has 0 aliphatic carbocycles. The van der Waals surface area contributed by atoms with Crippen LogP contribution in [0.1, 0.15) is 11.1 Å². The number of fused-ring (bicyclic) bond motifs is 1. The van der Waals surface area contributed by atoms with E-state index >= 15 is 0 Å². The lowest BCUT2D eigenvalue weighted by molar-refractivity contribution is 0.996. The minimum absolute atomic E-state index is 0.899. The zero-order valence-corrected chi connectivity index (χ0v) is 11.6. The maximum Gasteiger partial charge on any atom is 0.126 e. The normalized spacial score (nSPS) is 10.7. The summed E-state index contributed by atoms with van der Waals surface area (Å²) in [6, 6.07) is 20.9. The summed E-state index contributed by atoms with van der Waals surface area (Å²) < 4.78 is 0. The van der Waals surface area contributed by atoms with Gasteiger partial charge in [-0.25, -0.2) is 4.98 Å². The molecule has 2 heteroatoms. The molecule has 20 heavy (non-hydrogen) atoms. The molecule has 0 atom stereocenters. The maximum absolute atomic E-state index is 4.62. The topological polar surface area (TPSA) is 24.9 Å². The fourth-order valence-electron chi connectivity index (χ4n) is 2.38. The number of rotatable bonds is 4. The number of anilines is 1. The fourth-order valence-corrected chi connectivity index (χ4v) is 2.38. The number of hydrogen-bond donors (Lipinski definition) is 1. The number of pyridine rings is 1. The lowest BCUT2D eigenvalue weighted by Gasteiger charge is -2.08. The first kappa shape index (κ1) is 12.7. The Morgan fingerprint density at radius 1 is 0.900 bits per heavy atom. The van der Waals surface area contributed by atoms with Gasteiger partial charge in [0.25, 0.3) is 0 Å². The molecule has 0 aliphatic heterocycles. The molecule has 3 aromatic rings. The molecule has 0 fully saturated rings. The molecule has 0 amide bonds. The maximum atomic E-state index is 4.62. The number of benzene rings is 2.